The first-order chi connectivity index (χ1) is 12.5. The Bertz CT molecular complexity index is 763. The molecule has 0 bridgehead atoms. The van der Waals surface area contributed by atoms with Crippen molar-refractivity contribution in [1.29, 1.82) is 0 Å². The molecular formula is C19H24N4O3. The monoisotopic (exact) mass is 356 g/mol. The molecule has 4 rings (SSSR count). The Balaban J connectivity index is 1.49. The molecule has 0 radical (unpaired) electrons. The van der Waals surface area contributed by atoms with E-state index in [1.165, 1.54) is 5.56 Å². The number of carbonyl (C=O) groups excluding carboxylic acids is 3. The fraction of sp³-hybridized carbons (Fsp3) is 0.526. The first-order valence-electron chi connectivity index (χ1n) is 9.24. The number of amides is 3. The summed E-state index contributed by atoms with van der Waals surface area (Å²) in [6.07, 6.45) is 0.679. The molecule has 0 aromatic heterocycles. The zero-order chi connectivity index (χ0) is 18.3. The molecule has 3 heterocycles. The van der Waals surface area contributed by atoms with Gasteiger partial charge < -0.3 is 10.2 Å². The maximum atomic E-state index is 12.7. The van der Waals surface area contributed by atoms with Gasteiger partial charge in [-0.3, -0.25) is 24.6 Å². The summed E-state index contributed by atoms with van der Waals surface area (Å²) in [4.78, 5) is 40.2. The van der Waals surface area contributed by atoms with Gasteiger partial charge in [0.05, 0.1) is 0 Å². The number of nitrogens with one attached hydrogen (secondary N) is 2. The van der Waals surface area contributed by atoms with Crippen LogP contribution in [0.4, 0.5) is 0 Å². The van der Waals surface area contributed by atoms with Crippen LogP contribution in [-0.4, -0.2) is 59.2 Å². The number of imide groups is 1. The summed E-state index contributed by atoms with van der Waals surface area (Å²) in [5.41, 5.74) is 2.84. The van der Waals surface area contributed by atoms with Crippen LogP contribution in [-0.2, 0) is 22.7 Å². The predicted octanol–water partition coefficient (Wildman–Crippen LogP) is 0.241. The molecule has 3 aliphatic rings. The topological polar surface area (TPSA) is 81.8 Å². The number of fused-ring (bicyclic) bond motifs is 1. The van der Waals surface area contributed by atoms with Gasteiger partial charge in [0.2, 0.25) is 11.8 Å². The highest BCUT2D eigenvalue weighted by Gasteiger charge is 2.39. The molecule has 1 aromatic rings. The summed E-state index contributed by atoms with van der Waals surface area (Å²) in [6.45, 7) is 6.52. The van der Waals surface area contributed by atoms with Crippen molar-refractivity contribution in [2.75, 3.05) is 19.6 Å². The van der Waals surface area contributed by atoms with E-state index in [0.717, 1.165) is 31.7 Å². The molecule has 138 valence electrons. The molecule has 7 heteroatoms. The van der Waals surface area contributed by atoms with Crippen LogP contribution >= 0.6 is 0 Å². The standard InChI is InChI=1S/C19H24N4O3/c1-12-9-20-6-7-22(12)10-13-2-3-15-14(8-13)11-23(19(15)26)16-4-5-17(24)21-18(16)25/h2-3,8,12,16,20H,4-7,9-11H2,1H3,(H,21,24,25)/t12-,16?/m0/s1. The average molecular weight is 356 g/mol. The first kappa shape index (κ1) is 17.2. The van der Waals surface area contributed by atoms with Gasteiger partial charge in [0.25, 0.3) is 5.91 Å². The lowest BCUT2D eigenvalue weighted by molar-refractivity contribution is -0.136. The predicted molar refractivity (Wildman–Crippen MR) is 95.2 cm³/mol. The molecule has 1 unspecified atom stereocenters. The summed E-state index contributed by atoms with van der Waals surface area (Å²) in [5.74, 6) is -0.739. The van der Waals surface area contributed by atoms with Crippen molar-refractivity contribution >= 4 is 17.7 Å². The molecule has 2 atom stereocenters. The smallest absolute Gasteiger partial charge is 0.255 e. The SMILES string of the molecule is C[C@H]1CNCCN1Cc1ccc2c(c1)CN(C1CCC(=O)NC1=O)C2=O. The van der Waals surface area contributed by atoms with Crippen molar-refractivity contribution in [3.05, 3.63) is 34.9 Å². The van der Waals surface area contributed by atoms with Gasteiger partial charge in [0.15, 0.2) is 0 Å². The molecule has 7 nitrogen and oxygen atoms in total. The number of rotatable bonds is 3. The van der Waals surface area contributed by atoms with Crippen LogP contribution in [0.3, 0.4) is 0 Å². The number of piperazine rings is 1. The number of benzene rings is 1. The molecule has 26 heavy (non-hydrogen) atoms. The quantitative estimate of drug-likeness (QED) is 0.759. The van der Waals surface area contributed by atoms with Gasteiger partial charge in [0, 0.05) is 50.7 Å². The van der Waals surface area contributed by atoms with E-state index >= 15 is 0 Å². The summed E-state index contributed by atoms with van der Waals surface area (Å²) < 4.78 is 0. The third kappa shape index (κ3) is 3.12. The second-order valence-corrected chi connectivity index (χ2v) is 7.42. The van der Waals surface area contributed by atoms with Gasteiger partial charge in [-0.05, 0) is 30.5 Å². The lowest BCUT2D eigenvalue weighted by Gasteiger charge is -2.34. The Kier molecular flexibility index (Phi) is 4.50. The third-order valence-electron chi connectivity index (χ3n) is 5.61. The fourth-order valence-electron chi connectivity index (χ4n) is 4.08. The van der Waals surface area contributed by atoms with Crippen molar-refractivity contribution in [1.82, 2.24) is 20.4 Å². The minimum absolute atomic E-state index is 0.114. The van der Waals surface area contributed by atoms with Crippen LogP contribution in [0.15, 0.2) is 18.2 Å². The largest absolute Gasteiger partial charge is 0.322 e. The van der Waals surface area contributed by atoms with E-state index in [0.29, 0.717) is 24.6 Å². The maximum absolute atomic E-state index is 12.7. The van der Waals surface area contributed by atoms with E-state index < -0.39 is 6.04 Å². The van der Waals surface area contributed by atoms with Gasteiger partial charge in [0.1, 0.15) is 6.04 Å². The van der Waals surface area contributed by atoms with Crippen LogP contribution in [0.5, 0.6) is 0 Å². The van der Waals surface area contributed by atoms with Crippen LogP contribution in [0.2, 0.25) is 0 Å². The molecule has 0 aliphatic carbocycles. The molecule has 0 spiro atoms. The average Bonchev–Trinajstić information content (AvgIpc) is 2.93. The Morgan fingerprint density at radius 1 is 1.23 bits per heavy atom. The van der Waals surface area contributed by atoms with Crippen molar-refractivity contribution in [3.8, 4) is 0 Å². The van der Waals surface area contributed by atoms with Crippen molar-refractivity contribution in [3.63, 3.8) is 0 Å². The molecule has 3 aliphatic heterocycles. The Hall–Kier alpha value is -2.25. The van der Waals surface area contributed by atoms with Crippen LogP contribution < -0.4 is 10.6 Å². The summed E-state index contributed by atoms with van der Waals surface area (Å²) >= 11 is 0. The van der Waals surface area contributed by atoms with Crippen molar-refractivity contribution in [2.24, 2.45) is 0 Å². The number of piperidine rings is 1. The number of carbonyl (C=O) groups is 3. The van der Waals surface area contributed by atoms with E-state index in [9.17, 15) is 14.4 Å². The number of hydrogen-bond acceptors (Lipinski definition) is 5. The lowest BCUT2D eigenvalue weighted by atomic mass is 10.0. The highest BCUT2D eigenvalue weighted by molar-refractivity contribution is 6.05. The van der Waals surface area contributed by atoms with Gasteiger partial charge in [-0.1, -0.05) is 12.1 Å². The second-order valence-electron chi connectivity index (χ2n) is 7.42. The normalized spacial score (nSPS) is 26.8. The fourth-order valence-corrected chi connectivity index (χ4v) is 4.08. The Morgan fingerprint density at radius 2 is 2.08 bits per heavy atom. The zero-order valence-corrected chi connectivity index (χ0v) is 15.0. The molecule has 3 amide bonds. The minimum Gasteiger partial charge on any atom is -0.322 e. The van der Waals surface area contributed by atoms with Crippen LogP contribution in [0, 0.1) is 0 Å². The zero-order valence-electron chi connectivity index (χ0n) is 15.0. The highest BCUT2D eigenvalue weighted by atomic mass is 16.2. The molecular weight excluding hydrogens is 332 g/mol. The van der Waals surface area contributed by atoms with E-state index in [-0.39, 0.29) is 24.1 Å². The first-order valence-corrected chi connectivity index (χ1v) is 9.24. The molecule has 2 saturated heterocycles. The Morgan fingerprint density at radius 3 is 2.85 bits per heavy atom. The van der Waals surface area contributed by atoms with E-state index in [2.05, 4.69) is 28.5 Å². The summed E-state index contributed by atoms with van der Waals surface area (Å²) in [6, 6.07) is 5.92. The second kappa shape index (κ2) is 6.81. The number of hydrogen-bond donors (Lipinski definition) is 2. The molecule has 0 saturated carbocycles. The summed E-state index contributed by atoms with van der Waals surface area (Å²) in [5, 5.41) is 5.73. The van der Waals surface area contributed by atoms with Crippen molar-refractivity contribution < 1.29 is 14.4 Å². The van der Waals surface area contributed by atoms with E-state index in [1.54, 1.807) is 4.90 Å². The summed E-state index contributed by atoms with van der Waals surface area (Å²) in [7, 11) is 0. The highest BCUT2D eigenvalue weighted by Crippen LogP contribution is 2.28. The van der Waals surface area contributed by atoms with Gasteiger partial charge in [-0.15, -0.1) is 0 Å². The third-order valence-corrected chi connectivity index (χ3v) is 5.61. The van der Waals surface area contributed by atoms with Gasteiger partial charge in [-0.2, -0.15) is 0 Å². The van der Waals surface area contributed by atoms with Crippen molar-refractivity contribution in [2.45, 2.75) is 44.9 Å². The lowest BCUT2D eigenvalue weighted by Crippen LogP contribution is -2.52. The molecule has 1 aromatic carbocycles. The minimum atomic E-state index is -0.552. The molecule has 2 fully saturated rings. The molecule has 2 N–H and O–H groups in total. The maximum Gasteiger partial charge on any atom is 0.255 e. The van der Waals surface area contributed by atoms with E-state index in [1.807, 2.05) is 12.1 Å². The van der Waals surface area contributed by atoms with Gasteiger partial charge >= 0.3 is 0 Å². The van der Waals surface area contributed by atoms with Gasteiger partial charge in [-0.25, -0.2) is 0 Å². The van der Waals surface area contributed by atoms with Crippen LogP contribution in [0.25, 0.3) is 0 Å². The Labute approximate surface area is 152 Å². The van der Waals surface area contributed by atoms with Crippen LogP contribution in [0.1, 0.15) is 41.3 Å². The number of nitrogens with zero attached hydrogens (tertiary/aromatic N) is 2. The van der Waals surface area contributed by atoms with E-state index in [4.69, 9.17) is 0 Å².